The average Bonchev–Trinajstić information content (AvgIpc) is 2.46. The van der Waals surface area contributed by atoms with Gasteiger partial charge in [-0.1, -0.05) is 48.4 Å². The van der Waals surface area contributed by atoms with E-state index >= 15 is 0 Å². The average molecular weight is 291 g/mol. The van der Waals surface area contributed by atoms with E-state index in [0.717, 1.165) is 13.0 Å². The van der Waals surface area contributed by atoms with Crippen LogP contribution in [0.15, 0.2) is 30.5 Å². The largest absolute Gasteiger partial charge is 0.365 e. The third-order valence-corrected chi connectivity index (χ3v) is 3.13. The van der Waals surface area contributed by atoms with Gasteiger partial charge < -0.3 is 10.6 Å². The summed E-state index contributed by atoms with van der Waals surface area (Å²) in [5.41, 5.74) is 2.44. The fraction of sp³-hybridized carbons (Fsp3) is 0.333. The molecular formula is C15H19ClN4. The molecule has 0 saturated carbocycles. The Balaban J connectivity index is 2.02. The van der Waals surface area contributed by atoms with Crippen LogP contribution in [0.4, 0.5) is 11.8 Å². The SMILES string of the molecule is CCCNc1ncc(Cl)c(NCc2ccc(C)cc2)n1. The summed E-state index contributed by atoms with van der Waals surface area (Å²) in [6.45, 7) is 5.70. The van der Waals surface area contributed by atoms with Crippen molar-refractivity contribution >= 4 is 23.4 Å². The summed E-state index contributed by atoms with van der Waals surface area (Å²) in [6.07, 6.45) is 2.64. The van der Waals surface area contributed by atoms with Gasteiger partial charge in [-0.05, 0) is 18.9 Å². The first-order valence-corrected chi connectivity index (χ1v) is 7.12. The highest BCUT2D eigenvalue weighted by molar-refractivity contribution is 6.32. The Morgan fingerprint density at radius 1 is 1.15 bits per heavy atom. The fourth-order valence-corrected chi connectivity index (χ4v) is 1.86. The number of halogens is 1. The predicted octanol–water partition coefficient (Wildman–Crippen LogP) is 3.87. The molecule has 0 aliphatic rings. The monoisotopic (exact) mass is 290 g/mol. The molecule has 0 radical (unpaired) electrons. The summed E-state index contributed by atoms with van der Waals surface area (Å²) < 4.78 is 0. The van der Waals surface area contributed by atoms with Crippen LogP contribution in [0.25, 0.3) is 0 Å². The van der Waals surface area contributed by atoms with Crippen LogP contribution < -0.4 is 10.6 Å². The summed E-state index contributed by atoms with van der Waals surface area (Å²) >= 11 is 6.11. The zero-order valence-corrected chi connectivity index (χ0v) is 12.5. The Hall–Kier alpha value is -1.81. The van der Waals surface area contributed by atoms with Crippen molar-refractivity contribution in [2.45, 2.75) is 26.8 Å². The molecule has 0 saturated heterocycles. The Morgan fingerprint density at radius 2 is 1.90 bits per heavy atom. The molecule has 2 N–H and O–H groups in total. The molecule has 0 aliphatic carbocycles. The predicted molar refractivity (Wildman–Crippen MR) is 84.3 cm³/mol. The summed E-state index contributed by atoms with van der Waals surface area (Å²) in [7, 11) is 0. The zero-order chi connectivity index (χ0) is 14.4. The Labute approximate surface area is 124 Å². The van der Waals surface area contributed by atoms with Crippen molar-refractivity contribution in [2.24, 2.45) is 0 Å². The van der Waals surface area contributed by atoms with Gasteiger partial charge in [0.25, 0.3) is 0 Å². The number of rotatable bonds is 6. The Bertz CT molecular complexity index is 554. The van der Waals surface area contributed by atoms with E-state index in [1.165, 1.54) is 11.1 Å². The van der Waals surface area contributed by atoms with Gasteiger partial charge in [0, 0.05) is 13.1 Å². The quantitative estimate of drug-likeness (QED) is 0.848. The van der Waals surface area contributed by atoms with Gasteiger partial charge in [0.05, 0.1) is 6.20 Å². The van der Waals surface area contributed by atoms with Crippen LogP contribution in [0.3, 0.4) is 0 Å². The minimum Gasteiger partial charge on any atom is -0.365 e. The molecule has 20 heavy (non-hydrogen) atoms. The molecule has 1 aromatic heterocycles. The van der Waals surface area contributed by atoms with E-state index in [0.29, 0.717) is 23.3 Å². The lowest BCUT2D eigenvalue weighted by Crippen LogP contribution is -2.08. The van der Waals surface area contributed by atoms with Crippen molar-refractivity contribution in [3.63, 3.8) is 0 Å². The molecule has 0 aliphatic heterocycles. The summed E-state index contributed by atoms with van der Waals surface area (Å²) in [5.74, 6) is 1.25. The van der Waals surface area contributed by atoms with Crippen molar-refractivity contribution in [2.75, 3.05) is 17.2 Å². The topological polar surface area (TPSA) is 49.8 Å². The van der Waals surface area contributed by atoms with Crippen LogP contribution >= 0.6 is 11.6 Å². The molecule has 0 bridgehead atoms. The lowest BCUT2D eigenvalue weighted by atomic mass is 10.1. The molecule has 4 nitrogen and oxygen atoms in total. The smallest absolute Gasteiger partial charge is 0.224 e. The van der Waals surface area contributed by atoms with Crippen LogP contribution in [-0.2, 0) is 6.54 Å². The zero-order valence-electron chi connectivity index (χ0n) is 11.8. The lowest BCUT2D eigenvalue weighted by molar-refractivity contribution is 0.950. The highest BCUT2D eigenvalue weighted by Crippen LogP contribution is 2.20. The minimum absolute atomic E-state index is 0.527. The second-order valence-corrected chi connectivity index (χ2v) is 5.06. The maximum Gasteiger partial charge on any atom is 0.224 e. The van der Waals surface area contributed by atoms with Crippen molar-refractivity contribution < 1.29 is 0 Å². The van der Waals surface area contributed by atoms with Gasteiger partial charge in [0.1, 0.15) is 5.02 Å². The van der Waals surface area contributed by atoms with Crippen molar-refractivity contribution in [3.8, 4) is 0 Å². The number of aryl methyl sites for hydroxylation is 1. The Morgan fingerprint density at radius 3 is 2.60 bits per heavy atom. The van der Waals surface area contributed by atoms with Gasteiger partial charge in [0.2, 0.25) is 5.95 Å². The first kappa shape index (κ1) is 14.6. The molecule has 0 amide bonds. The number of anilines is 2. The second-order valence-electron chi connectivity index (χ2n) is 4.66. The Kier molecular flexibility index (Phi) is 5.18. The molecular weight excluding hydrogens is 272 g/mol. The molecule has 5 heteroatoms. The lowest BCUT2D eigenvalue weighted by Gasteiger charge is -2.10. The molecule has 1 heterocycles. The van der Waals surface area contributed by atoms with Gasteiger partial charge in [-0.15, -0.1) is 0 Å². The number of nitrogens with one attached hydrogen (secondary N) is 2. The van der Waals surface area contributed by atoms with Gasteiger partial charge in [0.15, 0.2) is 5.82 Å². The van der Waals surface area contributed by atoms with Crippen LogP contribution in [0.2, 0.25) is 5.02 Å². The normalized spacial score (nSPS) is 10.3. The van der Waals surface area contributed by atoms with Crippen LogP contribution in [-0.4, -0.2) is 16.5 Å². The van der Waals surface area contributed by atoms with Gasteiger partial charge in [-0.2, -0.15) is 4.98 Å². The van der Waals surface area contributed by atoms with E-state index in [2.05, 4.69) is 58.7 Å². The third-order valence-electron chi connectivity index (χ3n) is 2.86. The highest BCUT2D eigenvalue weighted by atomic mass is 35.5. The summed E-state index contributed by atoms with van der Waals surface area (Å²) in [5, 5.41) is 6.92. The summed E-state index contributed by atoms with van der Waals surface area (Å²) in [6, 6.07) is 8.36. The van der Waals surface area contributed by atoms with E-state index in [1.54, 1.807) is 6.20 Å². The minimum atomic E-state index is 0.527. The van der Waals surface area contributed by atoms with Crippen LogP contribution in [0, 0.1) is 6.92 Å². The third kappa shape index (κ3) is 4.10. The van der Waals surface area contributed by atoms with Gasteiger partial charge in [-0.3, -0.25) is 0 Å². The van der Waals surface area contributed by atoms with Crippen molar-refractivity contribution in [1.29, 1.82) is 0 Å². The van der Waals surface area contributed by atoms with E-state index in [-0.39, 0.29) is 0 Å². The molecule has 0 spiro atoms. The molecule has 2 rings (SSSR count). The van der Waals surface area contributed by atoms with Crippen molar-refractivity contribution in [3.05, 3.63) is 46.6 Å². The number of hydrogen-bond donors (Lipinski definition) is 2. The van der Waals surface area contributed by atoms with Crippen LogP contribution in [0.1, 0.15) is 24.5 Å². The fourth-order valence-electron chi connectivity index (χ4n) is 1.70. The second kappa shape index (κ2) is 7.10. The van der Waals surface area contributed by atoms with E-state index in [4.69, 9.17) is 11.6 Å². The van der Waals surface area contributed by atoms with Crippen molar-refractivity contribution in [1.82, 2.24) is 9.97 Å². The van der Waals surface area contributed by atoms with Gasteiger partial charge in [-0.25, -0.2) is 4.98 Å². The number of nitrogens with zero attached hydrogens (tertiary/aromatic N) is 2. The molecule has 0 fully saturated rings. The maximum absolute atomic E-state index is 6.11. The molecule has 1 aromatic carbocycles. The van der Waals surface area contributed by atoms with E-state index < -0.39 is 0 Å². The number of hydrogen-bond acceptors (Lipinski definition) is 4. The maximum atomic E-state index is 6.11. The van der Waals surface area contributed by atoms with Crippen LogP contribution in [0.5, 0.6) is 0 Å². The van der Waals surface area contributed by atoms with E-state index in [9.17, 15) is 0 Å². The molecule has 2 aromatic rings. The molecule has 0 atom stereocenters. The number of benzene rings is 1. The number of aromatic nitrogens is 2. The first-order valence-electron chi connectivity index (χ1n) is 6.75. The molecule has 106 valence electrons. The van der Waals surface area contributed by atoms with Gasteiger partial charge >= 0.3 is 0 Å². The first-order chi connectivity index (χ1) is 9.69. The summed E-state index contributed by atoms with van der Waals surface area (Å²) in [4.78, 5) is 8.53. The molecule has 0 unspecified atom stereocenters. The standard InChI is InChI=1S/C15H19ClN4/c1-3-8-17-15-19-10-13(16)14(20-15)18-9-12-6-4-11(2)5-7-12/h4-7,10H,3,8-9H2,1-2H3,(H2,17,18,19,20). The highest BCUT2D eigenvalue weighted by Gasteiger charge is 2.05. The van der Waals surface area contributed by atoms with E-state index in [1.807, 2.05) is 0 Å².